The molecule has 0 aliphatic heterocycles. The number of hydrogen-bond acceptors (Lipinski definition) is 3. The molecule has 0 radical (unpaired) electrons. The molecule has 0 atom stereocenters. The lowest BCUT2D eigenvalue weighted by molar-refractivity contribution is 0.653. The zero-order chi connectivity index (χ0) is 27.7. The minimum absolute atomic E-state index is 1.25. The SMILES string of the molecule is CCCCCCc1ccc(-c2sc(-c3ccc(CCCCCC)s3)c(CCCCCC)c2CCCCCC)s1. The van der Waals surface area contributed by atoms with Gasteiger partial charge in [-0.25, -0.2) is 0 Å². The van der Waals surface area contributed by atoms with Gasteiger partial charge in [0.2, 0.25) is 0 Å². The van der Waals surface area contributed by atoms with E-state index in [0.717, 1.165) is 0 Å². The fraction of sp³-hybridized carbons (Fsp3) is 0.667. The molecule has 39 heavy (non-hydrogen) atoms. The molecule has 0 fully saturated rings. The van der Waals surface area contributed by atoms with E-state index in [0.29, 0.717) is 0 Å². The molecule has 0 saturated heterocycles. The average Bonchev–Trinajstić information content (AvgIpc) is 3.69. The molecule has 0 saturated carbocycles. The molecule has 3 rings (SSSR count). The van der Waals surface area contributed by atoms with Gasteiger partial charge >= 0.3 is 0 Å². The molecule has 0 bridgehead atoms. The van der Waals surface area contributed by atoms with Crippen molar-refractivity contribution in [3.63, 3.8) is 0 Å². The third kappa shape index (κ3) is 10.8. The molecule has 0 aliphatic carbocycles. The highest BCUT2D eigenvalue weighted by molar-refractivity contribution is 7.26. The Bertz CT molecular complexity index is 953. The van der Waals surface area contributed by atoms with Crippen LogP contribution < -0.4 is 0 Å². The number of aryl methyl sites for hydroxylation is 2. The van der Waals surface area contributed by atoms with Gasteiger partial charge in [0, 0.05) is 29.3 Å². The summed E-state index contributed by atoms with van der Waals surface area (Å²) in [7, 11) is 0. The lowest BCUT2D eigenvalue weighted by atomic mass is 9.96. The topological polar surface area (TPSA) is 0 Å². The van der Waals surface area contributed by atoms with Crippen LogP contribution in [-0.2, 0) is 25.7 Å². The lowest BCUT2D eigenvalue weighted by Gasteiger charge is -2.09. The summed E-state index contributed by atoms with van der Waals surface area (Å²) in [6.45, 7) is 9.28. The van der Waals surface area contributed by atoms with Crippen LogP contribution in [0.4, 0.5) is 0 Å². The van der Waals surface area contributed by atoms with Crippen LogP contribution in [0.2, 0.25) is 0 Å². The van der Waals surface area contributed by atoms with E-state index in [1.54, 1.807) is 30.6 Å². The van der Waals surface area contributed by atoms with E-state index in [9.17, 15) is 0 Å². The Morgan fingerprint density at radius 3 is 1.10 bits per heavy atom. The zero-order valence-electron chi connectivity index (χ0n) is 25.7. The fourth-order valence-electron chi connectivity index (χ4n) is 5.60. The van der Waals surface area contributed by atoms with E-state index < -0.39 is 0 Å². The van der Waals surface area contributed by atoms with Gasteiger partial charge in [0.15, 0.2) is 0 Å². The second kappa shape index (κ2) is 19.3. The van der Waals surface area contributed by atoms with E-state index in [1.165, 1.54) is 138 Å². The Hall–Kier alpha value is -0.900. The van der Waals surface area contributed by atoms with Gasteiger partial charge in [0.1, 0.15) is 0 Å². The van der Waals surface area contributed by atoms with Crippen LogP contribution in [-0.4, -0.2) is 0 Å². The van der Waals surface area contributed by atoms with E-state index in [2.05, 4.69) is 86.0 Å². The van der Waals surface area contributed by atoms with Gasteiger partial charge in [-0.3, -0.25) is 0 Å². The largest absolute Gasteiger partial charge is 0.139 e. The van der Waals surface area contributed by atoms with Crippen LogP contribution in [0.15, 0.2) is 24.3 Å². The summed E-state index contributed by atoms with van der Waals surface area (Å²) >= 11 is 6.30. The molecule has 0 aromatic carbocycles. The van der Waals surface area contributed by atoms with Gasteiger partial charge < -0.3 is 0 Å². The van der Waals surface area contributed by atoms with Crippen molar-refractivity contribution in [3.8, 4) is 19.5 Å². The third-order valence-corrected chi connectivity index (χ3v) is 11.9. The van der Waals surface area contributed by atoms with Crippen LogP contribution in [0.25, 0.3) is 19.5 Å². The van der Waals surface area contributed by atoms with Crippen molar-refractivity contribution in [2.75, 3.05) is 0 Å². The molecule has 0 amide bonds. The van der Waals surface area contributed by atoms with E-state index >= 15 is 0 Å². The average molecular weight is 585 g/mol. The quantitative estimate of drug-likeness (QED) is 0.103. The molecular weight excluding hydrogens is 529 g/mol. The normalized spacial score (nSPS) is 11.6. The van der Waals surface area contributed by atoms with Crippen molar-refractivity contribution in [2.24, 2.45) is 0 Å². The van der Waals surface area contributed by atoms with Crippen molar-refractivity contribution >= 4 is 34.0 Å². The van der Waals surface area contributed by atoms with Crippen LogP contribution >= 0.6 is 34.0 Å². The van der Waals surface area contributed by atoms with Gasteiger partial charge in [0.25, 0.3) is 0 Å². The van der Waals surface area contributed by atoms with E-state index in [-0.39, 0.29) is 0 Å². The van der Waals surface area contributed by atoms with E-state index in [4.69, 9.17) is 0 Å². The first-order valence-corrected chi connectivity index (χ1v) is 19.0. The van der Waals surface area contributed by atoms with Gasteiger partial charge in [-0.15, -0.1) is 34.0 Å². The highest BCUT2D eigenvalue weighted by atomic mass is 32.1. The number of rotatable bonds is 22. The van der Waals surface area contributed by atoms with Crippen molar-refractivity contribution in [1.29, 1.82) is 0 Å². The van der Waals surface area contributed by atoms with Gasteiger partial charge in [-0.05, 0) is 86.8 Å². The first-order valence-electron chi connectivity index (χ1n) is 16.5. The predicted molar refractivity (Wildman–Crippen MR) is 182 cm³/mol. The van der Waals surface area contributed by atoms with Crippen LogP contribution in [0, 0.1) is 0 Å². The fourth-order valence-corrected chi connectivity index (χ4v) is 9.38. The summed E-state index contributed by atoms with van der Waals surface area (Å²) < 4.78 is 0. The van der Waals surface area contributed by atoms with Crippen molar-refractivity contribution < 1.29 is 0 Å². The summed E-state index contributed by atoms with van der Waals surface area (Å²) in [5, 5.41) is 0. The van der Waals surface area contributed by atoms with Crippen molar-refractivity contribution in [2.45, 2.75) is 156 Å². The predicted octanol–water partition coefficient (Wildman–Crippen LogP) is 13.7. The molecule has 218 valence electrons. The lowest BCUT2D eigenvalue weighted by Crippen LogP contribution is -1.95. The Morgan fingerprint density at radius 1 is 0.385 bits per heavy atom. The molecule has 0 N–H and O–H groups in total. The maximum Gasteiger partial charge on any atom is 0.0484 e. The number of hydrogen-bond donors (Lipinski definition) is 0. The monoisotopic (exact) mass is 584 g/mol. The van der Waals surface area contributed by atoms with E-state index in [1.807, 2.05) is 0 Å². The number of unbranched alkanes of at least 4 members (excludes halogenated alkanes) is 12. The van der Waals surface area contributed by atoms with Gasteiger partial charge in [-0.1, -0.05) is 105 Å². The molecule has 3 aromatic rings. The Labute approximate surface area is 253 Å². The van der Waals surface area contributed by atoms with Gasteiger partial charge in [0.05, 0.1) is 0 Å². The Morgan fingerprint density at radius 2 is 0.744 bits per heavy atom. The summed E-state index contributed by atoms with van der Waals surface area (Å²) in [6, 6.07) is 9.79. The highest BCUT2D eigenvalue weighted by Gasteiger charge is 2.22. The first kappa shape index (κ1) is 32.6. The van der Waals surface area contributed by atoms with Crippen LogP contribution in [0.3, 0.4) is 0 Å². The first-order chi connectivity index (χ1) is 19.2. The molecule has 0 spiro atoms. The molecule has 3 heteroatoms. The second-order valence-corrected chi connectivity index (χ2v) is 14.8. The minimum atomic E-state index is 1.25. The minimum Gasteiger partial charge on any atom is -0.139 e. The van der Waals surface area contributed by atoms with Crippen molar-refractivity contribution in [1.82, 2.24) is 0 Å². The Balaban J connectivity index is 1.91. The molecular formula is C36H56S3. The maximum atomic E-state index is 2.46. The maximum absolute atomic E-state index is 2.46. The summed E-state index contributed by atoms with van der Waals surface area (Å²) in [5.74, 6) is 0. The standard InChI is InChI=1S/C36H56S3/c1-5-9-13-17-21-29-25-27-33(37-29)35-31(23-19-15-11-7-3)32(24-20-16-12-8-4)36(39-35)34-28-26-30(38-34)22-18-14-10-6-2/h25-28H,5-24H2,1-4H3. The molecule has 0 aliphatic rings. The summed E-state index contributed by atoms with van der Waals surface area (Å²) in [4.78, 5) is 9.46. The van der Waals surface area contributed by atoms with Crippen LogP contribution in [0.1, 0.15) is 151 Å². The highest BCUT2D eigenvalue weighted by Crippen LogP contribution is 2.47. The third-order valence-electron chi connectivity index (χ3n) is 8.00. The summed E-state index contributed by atoms with van der Waals surface area (Å²) in [5.41, 5.74) is 3.42. The molecule has 0 unspecified atom stereocenters. The van der Waals surface area contributed by atoms with Crippen LogP contribution in [0.5, 0.6) is 0 Å². The zero-order valence-corrected chi connectivity index (χ0v) is 28.1. The number of thiophene rings is 3. The Kier molecular flexibility index (Phi) is 16.1. The smallest absolute Gasteiger partial charge is 0.0484 e. The second-order valence-electron chi connectivity index (χ2n) is 11.5. The van der Waals surface area contributed by atoms with Crippen molar-refractivity contribution in [3.05, 3.63) is 45.1 Å². The molecule has 3 aromatic heterocycles. The van der Waals surface area contributed by atoms with Gasteiger partial charge in [-0.2, -0.15) is 0 Å². The molecule has 3 heterocycles. The molecule has 0 nitrogen and oxygen atoms in total. The summed E-state index contributed by atoms with van der Waals surface area (Å²) in [6.07, 6.45) is 26.6.